The molecule has 0 radical (unpaired) electrons. The number of halogens is 1. The summed E-state index contributed by atoms with van der Waals surface area (Å²) in [6.45, 7) is 2.37. The van der Waals surface area contributed by atoms with Crippen LogP contribution in [0.1, 0.15) is 11.1 Å². The number of aryl methyl sites for hydroxylation is 1. The molecule has 5 heteroatoms. The third-order valence-corrected chi connectivity index (χ3v) is 3.66. The molecule has 1 amide bonds. The molecule has 0 aromatic heterocycles. The van der Waals surface area contributed by atoms with Gasteiger partial charge in [0, 0.05) is 24.2 Å². The number of methoxy groups -OCH3 is 1. The summed E-state index contributed by atoms with van der Waals surface area (Å²) in [4.78, 5) is 13.8. The predicted molar refractivity (Wildman–Crippen MR) is 91.2 cm³/mol. The van der Waals surface area contributed by atoms with Gasteiger partial charge < -0.3 is 14.4 Å². The summed E-state index contributed by atoms with van der Waals surface area (Å²) in [6.07, 6.45) is 0. The Morgan fingerprint density at radius 3 is 2.70 bits per heavy atom. The first-order valence-electron chi connectivity index (χ1n) is 7.25. The van der Waals surface area contributed by atoms with Crippen molar-refractivity contribution in [1.29, 1.82) is 0 Å². The van der Waals surface area contributed by atoms with Crippen molar-refractivity contribution in [3.8, 4) is 11.5 Å². The number of hydrogen-bond donors (Lipinski definition) is 0. The number of nitrogens with zero attached hydrogens (tertiary/aromatic N) is 1. The summed E-state index contributed by atoms with van der Waals surface area (Å²) in [5.41, 5.74) is 1.94. The highest BCUT2D eigenvalue weighted by Gasteiger charge is 2.13. The number of hydrogen-bond acceptors (Lipinski definition) is 3. The van der Waals surface area contributed by atoms with E-state index in [0.29, 0.717) is 23.1 Å². The van der Waals surface area contributed by atoms with Gasteiger partial charge >= 0.3 is 0 Å². The number of rotatable bonds is 6. The number of carbonyl (C=O) groups is 1. The van der Waals surface area contributed by atoms with Gasteiger partial charge in [0.15, 0.2) is 6.61 Å². The highest BCUT2D eigenvalue weighted by molar-refractivity contribution is 6.30. The van der Waals surface area contributed by atoms with Gasteiger partial charge in [-0.2, -0.15) is 0 Å². The molecule has 0 bridgehead atoms. The van der Waals surface area contributed by atoms with Crippen molar-refractivity contribution in [2.24, 2.45) is 0 Å². The van der Waals surface area contributed by atoms with Gasteiger partial charge in [0.1, 0.15) is 11.5 Å². The average Bonchev–Trinajstić information content (AvgIpc) is 2.53. The van der Waals surface area contributed by atoms with E-state index in [2.05, 4.69) is 0 Å². The summed E-state index contributed by atoms with van der Waals surface area (Å²) < 4.78 is 10.8. The molecule has 2 aromatic rings. The van der Waals surface area contributed by atoms with Crippen LogP contribution in [0.4, 0.5) is 0 Å². The van der Waals surface area contributed by atoms with Gasteiger partial charge in [-0.05, 0) is 42.8 Å². The van der Waals surface area contributed by atoms with Crippen molar-refractivity contribution >= 4 is 17.5 Å². The first-order chi connectivity index (χ1) is 11.0. The fraction of sp³-hybridized carbons (Fsp3) is 0.278. The minimum Gasteiger partial charge on any atom is -0.496 e. The van der Waals surface area contributed by atoms with Crippen LogP contribution in [-0.2, 0) is 11.3 Å². The number of ether oxygens (including phenoxy) is 2. The third kappa shape index (κ3) is 4.89. The Kier molecular flexibility index (Phi) is 5.88. The lowest BCUT2D eigenvalue weighted by atomic mass is 10.2. The van der Waals surface area contributed by atoms with Crippen LogP contribution in [-0.4, -0.2) is 31.6 Å². The Morgan fingerprint density at radius 1 is 1.22 bits per heavy atom. The SMILES string of the molecule is COc1ccc(Cl)cc1CN(C)C(=O)COc1cccc(C)c1. The monoisotopic (exact) mass is 333 g/mol. The number of amides is 1. The second-order valence-corrected chi connectivity index (χ2v) is 5.75. The van der Waals surface area contributed by atoms with Gasteiger partial charge in [-0.25, -0.2) is 0 Å². The van der Waals surface area contributed by atoms with E-state index in [1.165, 1.54) is 0 Å². The van der Waals surface area contributed by atoms with Crippen molar-refractivity contribution in [1.82, 2.24) is 4.90 Å². The van der Waals surface area contributed by atoms with E-state index < -0.39 is 0 Å². The quantitative estimate of drug-likeness (QED) is 0.809. The molecule has 0 aliphatic rings. The molecule has 0 unspecified atom stereocenters. The average molecular weight is 334 g/mol. The van der Waals surface area contributed by atoms with Crippen molar-refractivity contribution in [3.05, 3.63) is 58.6 Å². The molecule has 0 aliphatic carbocycles. The lowest BCUT2D eigenvalue weighted by molar-refractivity contribution is -0.132. The second-order valence-electron chi connectivity index (χ2n) is 5.31. The Bertz CT molecular complexity index is 688. The van der Waals surface area contributed by atoms with Crippen LogP contribution in [0.15, 0.2) is 42.5 Å². The molecule has 2 rings (SSSR count). The molecule has 2 aromatic carbocycles. The lowest BCUT2D eigenvalue weighted by Crippen LogP contribution is -2.31. The summed E-state index contributed by atoms with van der Waals surface area (Å²) in [5, 5.41) is 0.609. The normalized spacial score (nSPS) is 10.3. The van der Waals surface area contributed by atoms with E-state index in [9.17, 15) is 4.79 Å². The first kappa shape index (κ1) is 17.2. The maximum Gasteiger partial charge on any atom is 0.260 e. The van der Waals surface area contributed by atoms with Gasteiger partial charge in [0.05, 0.1) is 7.11 Å². The molecule has 0 heterocycles. The zero-order valence-electron chi connectivity index (χ0n) is 13.5. The van der Waals surface area contributed by atoms with E-state index in [0.717, 1.165) is 11.1 Å². The Morgan fingerprint density at radius 2 is 2.00 bits per heavy atom. The molecular weight excluding hydrogens is 314 g/mol. The molecule has 0 saturated carbocycles. The second kappa shape index (κ2) is 7.88. The summed E-state index contributed by atoms with van der Waals surface area (Å²) in [7, 11) is 3.32. The zero-order valence-corrected chi connectivity index (χ0v) is 14.3. The number of carbonyl (C=O) groups excluding carboxylic acids is 1. The Balaban J connectivity index is 1.96. The van der Waals surface area contributed by atoms with Crippen LogP contribution in [0.2, 0.25) is 5.02 Å². The van der Waals surface area contributed by atoms with E-state index >= 15 is 0 Å². The molecular formula is C18H20ClNO3. The fourth-order valence-corrected chi connectivity index (χ4v) is 2.37. The highest BCUT2D eigenvalue weighted by atomic mass is 35.5. The van der Waals surface area contributed by atoms with E-state index in [-0.39, 0.29) is 12.5 Å². The van der Waals surface area contributed by atoms with Gasteiger partial charge in [-0.3, -0.25) is 4.79 Å². The minimum absolute atomic E-state index is 0.0111. The fourth-order valence-electron chi connectivity index (χ4n) is 2.17. The maximum atomic E-state index is 12.2. The smallest absolute Gasteiger partial charge is 0.260 e. The number of benzene rings is 2. The van der Waals surface area contributed by atoms with Crippen LogP contribution in [0.25, 0.3) is 0 Å². The van der Waals surface area contributed by atoms with Gasteiger partial charge in [-0.1, -0.05) is 23.7 Å². The van der Waals surface area contributed by atoms with E-state index in [1.807, 2.05) is 31.2 Å². The molecule has 0 N–H and O–H groups in total. The third-order valence-electron chi connectivity index (χ3n) is 3.43. The summed E-state index contributed by atoms with van der Waals surface area (Å²) >= 11 is 6.01. The molecule has 0 saturated heterocycles. The molecule has 0 aliphatic heterocycles. The standard InChI is InChI=1S/C18H20ClNO3/c1-13-5-4-6-16(9-13)23-12-18(21)20(2)11-14-10-15(19)7-8-17(14)22-3/h4-10H,11-12H2,1-3H3. The Hall–Kier alpha value is -2.20. The Labute approximate surface area is 141 Å². The minimum atomic E-state index is -0.117. The van der Waals surface area contributed by atoms with Crippen LogP contribution < -0.4 is 9.47 Å². The molecule has 122 valence electrons. The van der Waals surface area contributed by atoms with Crippen LogP contribution in [0.3, 0.4) is 0 Å². The van der Waals surface area contributed by atoms with E-state index in [4.69, 9.17) is 21.1 Å². The largest absolute Gasteiger partial charge is 0.496 e. The molecule has 0 fully saturated rings. The van der Waals surface area contributed by atoms with Crippen LogP contribution in [0, 0.1) is 6.92 Å². The van der Waals surface area contributed by atoms with Crippen molar-refractivity contribution < 1.29 is 14.3 Å². The van der Waals surface area contributed by atoms with Crippen molar-refractivity contribution in [2.45, 2.75) is 13.5 Å². The highest BCUT2D eigenvalue weighted by Crippen LogP contribution is 2.23. The van der Waals surface area contributed by atoms with E-state index in [1.54, 1.807) is 37.3 Å². The topological polar surface area (TPSA) is 38.8 Å². The van der Waals surface area contributed by atoms with Crippen LogP contribution in [0.5, 0.6) is 11.5 Å². The van der Waals surface area contributed by atoms with Gasteiger partial charge in [-0.15, -0.1) is 0 Å². The lowest BCUT2D eigenvalue weighted by Gasteiger charge is -2.19. The molecule has 0 atom stereocenters. The first-order valence-corrected chi connectivity index (χ1v) is 7.63. The maximum absolute atomic E-state index is 12.2. The van der Waals surface area contributed by atoms with Crippen LogP contribution >= 0.6 is 11.6 Å². The number of likely N-dealkylation sites (N-methyl/N-ethyl adjacent to an activating group) is 1. The summed E-state index contributed by atoms with van der Waals surface area (Å²) in [6, 6.07) is 13.0. The zero-order chi connectivity index (χ0) is 16.8. The predicted octanol–water partition coefficient (Wildman–Crippen LogP) is 3.69. The summed E-state index contributed by atoms with van der Waals surface area (Å²) in [5.74, 6) is 1.27. The van der Waals surface area contributed by atoms with Gasteiger partial charge in [0.25, 0.3) is 5.91 Å². The molecule has 23 heavy (non-hydrogen) atoms. The van der Waals surface area contributed by atoms with Gasteiger partial charge in [0.2, 0.25) is 0 Å². The molecule has 0 spiro atoms. The molecule has 4 nitrogen and oxygen atoms in total. The van der Waals surface area contributed by atoms with Crippen molar-refractivity contribution in [3.63, 3.8) is 0 Å². The van der Waals surface area contributed by atoms with Crippen molar-refractivity contribution in [2.75, 3.05) is 20.8 Å².